The van der Waals surface area contributed by atoms with Crippen molar-refractivity contribution in [2.75, 3.05) is 13.1 Å². The number of hydrogen-bond acceptors (Lipinski definition) is 5. The Labute approximate surface area is 185 Å². The van der Waals surface area contributed by atoms with Crippen LogP contribution >= 0.6 is 15.9 Å². The molecular weight excluding hydrogens is 438 g/mol. The summed E-state index contributed by atoms with van der Waals surface area (Å²) >= 11 is 3.48. The molecule has 0 amide bonds. The molecule has 0 fully saturated rings. The molecule has 152 valence electrons. The molecule has 2 aromatic heterocycles. The van der Waals surface area contributed by atoms with Gasteiger partial charge in [-0.25, -0.2) is 9.97 Å². The molecule has 0 saturated carbocycles. The van der Waals surface area contributed by atoms with Gasteiger partial charge in [-0.15, -0.1) is 0 Å². The van der Waals surface area contributed by atoms with Gasteiger partial charge in [0.1, 0.15) is 0 Å². The van der Waals surface area contributed by atoms with Gasteiger partial charge in [-0.1, -0.05) is 34.1 Å². The van der Waals surface area contributed by atoms with E-state index in [0.717, 1.165) is 66.3 Å². The maximum Gasteiger partial charge on any atom is 0.173 e. The highest BCUT2D eigenvalue weighted by Gasteiger charge is 2.20. The first-order valence-electron chi connectivity index (χ1n) is 10.6. The second kappa shape index (κ2) is 8.74. The Morgan fingerprint density at radius 2 is 1.83 bits per heavy atom. The quantitative estimate of drug-likeness (QED) is 0.557. The monoisotopic (exact) mass is 461 g/mol. The molecule has 1 aromatic carbocycles. The summed E-state index contributed by atoms with van der Waals surface area (Å²) in [5.74, 6) is 0.842. The number of halogens is 1. The highest BCUT2D eigenvalue weighted by Crippen LogP contribution is 2.22. The summed E-state index contributed by atoms with van der Waals surface area (Å²) in [4.78, 5) is 21.2. The van der Waals surface area contributed by atoms with Crippen molar-refractivity contribution in [1.29, 1.82) is 0 Å². The van der Waals surface area contributed by atoms with E-state index in [9.17, 15) is 0 Å². The highest BCUT2D eigenvalue weighted by atomic mass is 79.9. The van der Waals surface area contributed by atoms with Crippen molar-refractivity contribution in [3.63, 3.8) is 0 Å². The van der Waals surface area contributed by atoms with Crippen molar-refractivity contribution in [2.24, 2.45) is 4.99 Å². The molecule has 3 aromatic rings. The van der Waals surface area contributed by atoms with Crippen LogP contribution in [0.25, 0.3) is 11.3 Å². The van der Waals surface area contributed by atoms with Crippen LogP contribution in [0.15, 0.2) is 58.3 Å². The molecule has 5 nitrogen and oxygen atoms in total. The number of fused-ring (bicyclic) bond motifs is 1. The molecule has 2 aliphatic heterocycles. The lowest BCUT2D eigenvalue weighted by atomic mass is 10.0. The van der Waals surface area contributed by atoms with E-state index in [1.54, 1.807) is 0 Å². The number of rotatable bonds is 4. The molecule has 5 rings (SSSR count). The van der Waals surface area contributed by atoms with Crippen molar-refractivity contribution in [2.45, 2.75) is 38.8 Å². The Morgan fingerprint density at radius 1 is 0.933 bits per heavy atom. The van der Waals surface area contributed by atoms with Gasteiger partial charge in [0, 0.05) is 60.6 Å². The van der Waals surface area contributed by atoms with Crippen LogP contribution in [0, 0.1) is 0 Å². The van der Waals surface area contributed by atoms with Crippen molar-refractivity contribution < 1.29 is 0 Å². The van der Waals surface area contributed by atoms with Crippen LogP contribution < -0.4 is 0 Å². The van der Waals surface area contributed by atoms with Crippen molar-refractivity contribution in [3.8, 4) is 11.3 Å². The van der Waals surface area contributed by atoms with Crippen molar-refractivity contribution in [1.82, 2.24) is 19.9 Å². The number of nitrogens with zero attached hydrogens (tertiary/aromatic N) is 5. The minimum atomic E-state index is 0.842. The summed E-state index contributed by atoms with van der Waals surface area (Å²) < 4.78 is 1.08. The molecule has 4 heterocycles. The van der Waals surface area contributed by atoms with E-state index in [1.165, 1.54) is 29.7 Å². The molecule has 0 N–H and O–H groups in total. The molecule has 30 heavy (non-hydrogen) atoms. The topological polar surface area (TPSA) is 54.3 Å². The molecule has 0 bridgehead atoms. The van der Waals surface area contributed by atoms with Gasteiger partial charge in [0.15, 0.2) is 5.82 Å². The van der Waals surface area contributed by atoms with Gasteiger partial charge >= 0.3 is 0 Å². The van der Waals surface area contributed by atoms with Gasteiger partial charge in [-0.05, 0) is 43.0 Å². The largest absolute Gasteiger partial charge is 0.294 e. The summed E-state index contributed by atoms with van der Waals surface area (Å²) in [6, 6.07) is 12.5. The molecule has 0 radical (unpaired) electrons. The third kappa shape index (κ3) is 4.35. The zero-order chi connectivity index (χ0) is 20.3. The molecule has 0 unspecified atom stereocenters. The third-order valence-electron chi connectivity index (χ3n) is 5.77. The summed E-state index contributed by atoms with van der Waals surface area (Å²) in [6.07, 6.45) is 8.35. The molecular formula is C24H24BrN5. The molecule has 0 atom stereocenters. The van der Waals surface area contributed by atoms with E-state index in [2.05, 4.69) is 60.1 Å². The number of benzene rings is 1. The number of hydrogen-bond donors (Lipinski definition) is 0. The number of aliphatic imine (C=N–C) groups is 1. The Bertz CT molecular complexity index is 1060. The summed E-state index contributed by atoms with van der Waals surface area (Å²) in [5, 5.41) is 0. The van der Waals surface area contributed by atoms with E-state index in [4.69, 9.17) is 4.98 Å². The normalized spacial score (nSPS) is 16.8. The smallest absolute Gasteiger partial charge is 0.173 e. The van der Waals surface area contributed by atoms with Crippen LogP contribution in [0.3, 0.4) is 0 Å². The molecule has 2 aliphatic rings. The average Bonchev–Trinajstić information content (AvgIpc) is 2.80. The fourth-order valence-corrected chi connectivity index (χ4v) is 4.36. The minimum absolute atomic E-state index is 0.842. The Balaban J connectivity index is 1.25. The van der Waals surface area contributed by atoms with Crippen LogP contribution in [0.4, 0.5) is 0 Å². The van der Waals surface area contributed by atoms with Gasteiger partial charge < -0.3 is 0 Å². The van der Waals surface area contributed by atoms with Gasteiger partial charge in [-0.2, -0.15) is 0 Å². The number of pyridine rings is 1. The molecule has 6 heteroatoms. The van der Waals surface area contributed by atoms with E-state index >= 15 is 0 Å². The third-order valence-corrected chi connectivity index (χ3v) is 6.30. The highest BCUT2D eigenvalue weighted by molar-refractivity contribution is 9.10. The van der Waals surface area contributed by atoms with Gasteiger partial charge in [0.25, 0.3) is 0 Å². The van der Waals surface area contributed by atoms with Crippen LogP contribution in [-0.4, -0.2) is 38.7 Å². The molecule has 0 spiro atoms. The van der Waals surface area contributed by atoms with Gasteiger partial charge in [0.05, 0.1) is 17.1 Å². The predicted octanol–water partition coefficient (Wildman–Crippen LogP) is 4.83. The van der Waals surface area contributed by atoms with E-state index in [1.807, 2.05) is 24.5 Å². The fourth-order valence-electron chi connectivity index (χ4n) is 4.10. The standard InChI is InChI=1S/C24H24BrN5/c25-20-7-5-18(6-8-20)21-9-4-17(13-27-21)15-30-12-10-22-19(16-30)14-28-24(29-22)23-3-1-2-11-26-23/h4-9,13-14H,1-3,10-12,15-16H2. The van der Waals surface area contributed by atoms with Crippen LogP contribution in [0.5, 0.6) is 0 Å². The Hall–Kier alpha value is -2.44. The van der Waals surface area contributed by atoms with E-state index in [0.29, 0.717) is 0 Å². The summed E-state index contributed by atoms with van der Waals surface area (Å²) in [6.45, 7) is 3.70. The van der Waals surface area contributed by atoms with Gasteiger partial charge in [0.2, 0.25) is 0 Å². The van der Waals surface area contributed by atoms with Crippen molar-refractivity contribution >= 4 is 21.6 Å². The lowest BCUT2D eigenvalue weighted by Crippen LogP contribution is -2.31. The molecule has 0 aliphatic carbocycles. The van der Waals surface area contributed by atoms with Crippen LogP contribution in [-0.2, 0) is 19.5 Å². The zero-order valence-corrected chi connectivity index (χ0v) is 18.5. The Morgan fingerprint density at radius 3 is 2.60 bits per heavy atom. The maximum atomic E-state index is 4.85. The van der Waals surface area contributed by atoms with Gasteiger partial charge in [-0.3, -0.25) is 14.9 Å². The van der Waals surface area contributed by atoms with E-state index < -0.39 is 0 Å². The average molecular weight is 462 g/mol. The summed E-state index contributed by atoms with van der Waals surface area (Å²) in [5.41, 5.74) is 6.87. The minimum Gasteiger partial charge on any atom is -0.294 e. The van der Waals surface area contributed by atoms with Crippen LogP contribution in [0.2, 0.25) is 0 Å². The van der Waals surface area contributed by atoms with E-state index in [-0.39, 0.29) is 0 Å². The first kappa shape index (κ1) is 19.5. The lowest BCUT2D eigenvalue weighted by Gasteiger charge is -2.28. The first-order valence-corrected chi connectivity index (χ1v) is 11.4. The molecule has 0 saturated heterocycles. The lowest BCUT2D eigenvalue weighted by molar-refractivity contribution is 0.242. The first-order chi connectivity index (χ1) is 14.7. The second-order valence-electron chi connectivity index (χ2n) is 7.97. The van der Waals surface area contributed by atoms with Crippen molar-refractivity contribution in [3.05, 3.63) is 75.9 Å². The maximum absolute atomic E-state index is 4.85. The SMILES string of the molecule is Brc1ccc(-c2ccc(CN3CCc4nc(C5=NCCCC5)ncc4C3)cn2)cc1. The fraction of sp³-hybridized carbons (Fsp3) is 0.333. The zero-order valence-electron chi connectivity index (χ0n) is 16.9. The van der Waals surface area contributed by atoms with Crippen LogP contribution in [0.1, 0.15) is 41.9 Å². The summed E-state index contributed by atoms with van der Waals surface area (Å²) in [7, 11) is 0. The number of aromatic nitrogens is 3. The predicted molar refractivity (Wildman–Crippen MR) is 122 cm³/mol. The second-order valence-corrected chi connectivity index (χ2v) is 8.89. The Kier molecular flexibility index (Phi) is 5.69.